The van der Waals surface area contributed by atoms with Gasteiger partial charge in [-0.1, -0.05) is 48.5 Å². The Labute approximate surface area is 196 Å². The minimum atomic E-state index is -0.163. The fraction of sp³-hybridized carbons (Fsp3) is 0.200. The number of nitrogens with zero attached hydrogens (tertiary/aromatic N) is 1. The SMILES string of the molecule is COc1cc(/C=N/NC(=O)Cc2ccc(C)c(C)c2)cc(I)c1OCc1ccccc1. The molecule has 3 aromatic carbocycles. The number of hydrogen-bond donors (Lipinski definition) is 1. The minimum Gasteiger partial charge on any atom is -0.493 e. The van der Waals surface area contributed by atoms with Crippen molar-refractivity contribution >= 4 is 34.7 Å². The molecule has 0 aliphatic rings. The quantitative estimate of drug-likeness (QED) is 0.249. The normalized spacial score (nSPS) is 10.8. The largest absolute Gasteiger partial charge is 0.493 e. The molecule has 1 amide bonds. The molecule has 6 heteroatoms. The van der Waals surface area contributed by atoms with E-state index < -0.39 is 0 Å². The molecule has 0 spiro atoms. The van der Waals surface area contributed by atoms with Crippen LogP contribution in [0.5, 0.6) is 11.5 Å². The molecule has 0 aromatic heterocycles. The minimum absolute atomic E-state index is 0.163. The van der Waals surface area contributed by atoms with Crippen molar-refractivity contribution < 1.29 is 14.3 Å². The standard InChI is InChI=1S/C25H25IN2O3/c1-17-9-10-20(11-18(17)2)14-24(29)28-27-15-21-12-22(26)25(23(13-21)30-3)31-16-19-7-5-4-6-8-19/h4-13,15H,14,16H2,1-3H3,(H,28,29)/b27-15+. The summed E-state index contributed by atoms with van der Waals surface area (Å²) in [7, 11) is 1.60. The Hall–Kier alpha value is -2.87. The Balaban J connectivity index is 1.62. The highest BCUT2D eigenvalue weighted by molar-refractivity contribution is 14.1. The highest BCUT2D eigenvalue weighted by atomic mass is 127. The fourth-order valence-corrected chi connectivity index (χ4v) is 3.78. The monoisotopic (exact) mass is 528 g/mol. The number of rotatable bonds is 8. The van der Waals surface area contributed by atoms with Crippen LogP contribution < -0.4 is 14.9 Å². The molecule has 0 aliphatic heterocycles. The van der Waals surface area contributed by atoms with E-state index >= 15 is 0 Å². The summed E-state index contributed by atoms with van der Waals surface area (Å²) in [5.41, 5.74) is 7.82. The maximum absolute atomic E-state index is 12.2. The number of ether oxygens (including phenoxy) is 2. The number of nitrogens with one attached hydrogen (secondary N) is 1. The predicted molar refractivity (Wildman–Crippen MR) is 132 cm³/mol. The van der Waals surface area contributed by atoms with Crippen LogP contribution >= 0.6 is 22.6 Å². The van der Waals surface area contributed by atoms with E-state index in [-0.39, 0.29) is 12.3 Å². The molecular formula is C25H25IN2O3. The summed E-state index contributed by atoms with van der Waals surface area (Å²) in [5, 5.41) is 4.09. The second kappa shape index (κ2) is 10.9. The van der Waals surface area contributed by atoms with E-state index in [0.29, 0.717) is 18.1 Å². The second-order valence-corrected chi connectivity index (χ2v) is 8.36. The summed E-state index contributed by atoms with van der Waals surface area (Å²) in [6, 6.07) is 19.8. The maximum atomic E-state index is 12.2. The Bertz CT molecular complexity index is 1080. The molecule has 3 rings (SSSR count). The lowest BCUT2D eigenvalue weighted by atomic mass is 10.0. The third kappa shape index (κ3) is 6.55. The van der Waals surface area contributed by atoms with Crippen LogP contribution in [0.3, 0.4) is 0 Å². The second-order valence-electron chi connectivity index (χ2n) is 7.20. The van der Waals surface area contributed by atoms with E-state index in [0.717, 1.165) is 20.3 Å². The van der Waals surface area contributed by atoms with Crippen LogP contribution in [0.2, 0.25) is 0 Å². The molecule has 0 atom stereocenters. The van der Waals surface area contributed by atoms with Crippen LogP contribution in [0.25, 0.3) is 0 Å². The molecular weight excluding hydrogens is 503 g/mol. The Morgan fingerprint density at radius 2 is 1.81 bits per heavy atom. The van der Waals surface area contributed by atoms with E-state index in [1.807, 2.05) is 67.6 Å². The van der Waals surface area contributed by atoms with E-state index in [4.69, 9.17) is 9.47 Å². The number of hydrogen-bond acceptors (Lipinski definition) is 4. The molecule has 5 nitrogen and oxygen atoms in total. The molecule has 0 saturated heterocycles. The number of halogens is 1. The lowest BCUT2D eigenvalue weighted by molar-refractivity contribution is -0.120. The van der Waals surface area contributed by atoms with Gasteiger partial charge in [-0.25, -0.2) is 5.43 Å². The predicted octanol–water partition coefficient (Wildman–Crippen LogP) is 5.19. The molecule has 0 fully saturated rings. The molecule has 160 valence electrons. The van der Waals surface area contributed by atoms with E-state index in [2.05, 4.69) is 40.0 Å². The average molecular weight is 528 g/mol. The third-order valence-electron chi connectivity index (χ3n) is 4.82. The van der Waals surface area contributed by atoms with Gasteiger partial charge < -0.3 is 9.47 Å². The lowest BCUT2D eigenvalue weighted by Gasteiger charge is -2.13. The van der Waals surface area contributed by atoms with Crippen LogP contribution in [-0.4, -0.2) is 19.2 Å². The van der Waals surface area contributed by atoms with Crippen molar-refractivity contribution in [3.8, 4) is 11.5 Å². The van der Waals surface area contributed by atoms with Crippen molar-refractivity contribution in [2.75, 3.05) is 7.11 Å². The van der Waals surface area contributed by atoms with Crippen molar-refractivity contribution in [3.05, 3.63) is 92.1 Å². The smallest absolute Gasteiger partial charge is 0.244 e. The Morgan fingerprint density at radius 3 is 2.52 bits per heavy atom. The number of carbonyl (C=O) groups excluding carboxylic acids is 1. The van der Waals surface area contributed by atoms with Gasteiger partial charge in [0.2, 0.25) is 5.91 Å². The first-order valence-electron chi connectivity index (χ1n) is 9.88. The van der Waals surface area contributed by atoms with Gasteiger partial charge in [0.15, 0.2) is 11.5 Å². The molecule has 0 radical (unpaired) electrons. The molecule has 0 saturated carbocycles. The van der Waals surface area contributed by atoms with Crippen LogP contribution in [0.4, 0.5) is 0 Å². The molecule has 0 aliphatic carbocycles. The van der Waals surface area contributed by atoms with Gasteiger partial charge in [-0.2, -0.15) is 5.10 Å². The van der Waals surface area contributed by atoms with Gasteiger partial charge in [-0.3, -0.25) is 4.79 Å². The lowest BCUT2D eigenvalue weighted by Crippen LogP contribution is -2.19. The number of benzene rings is 3. The molecule has 0 heterocycles. The highest BCUT2D eigenvalue weighted by Gasteiger charge is 2.11. The Kier molecular flexibility index (Phi) is 8.06. The van der Waals surface area contributed by atoms with Gasteiger partial charge in [0.05, 0.1) is 23.3 Å². The number of methoxy groups -OCH3 is 1. The van der Waals surface area contributed by atoms with E-state index in [1.54, 1.807) is 13.3 Å². The van der Waals surface area contributed by atoms with Crippen LogP contribution in [0.1, 0.15) is 27.8 Å². The summed E-state index contributed by atoms with van der Waals surface area (Å²) in [6.45, 7) is 4.55. The number of aryl methyl sites for hydroxylation is 2. The number of carbonyl (C=O) groups is 1. The summed E-state index contributed by atoms with van der Waals surface area (Å²) in [4.78, 5) is 12.2. The first kappa shape index (κ1) is 22.8. The van der Waals surface area contributed by atoms with Gasteiger partial charge in [-0.05, 0) is 76.4 Å². The zero-order valence-electron chi connectivity index (χ0n) is 17.8. The summed E-state index contributed by atoms with van der Waals surface area (Å²) >= 11 is 2.21. The first-order chi connectivity index (χ1) is 15.0. The number of hydrazone groups is 1. The number of amides is 1. The first-order valence-corrected chi connectivity index (χ1v) is 11.0. The topological polar surface area (TPSA) is 59.9 Å². The summed E-state index contributed by atoms with van der Waals surface area (Å²) in [6.07, 6.45) is 1.88. The Morgan fingerprint density at radius 1 is 1.03 bits per heavy atom. The van der Waals surface area contributed by atoms with Crippen LogP contribution in [0.15, 0.2) is 65.8 Å². The molecule has 31 heavy (non-hydrogen) atoms. The van der Waals surface area contributed by atoms with Crippen molar-refractivity contribution in [1.82, 2.24) is 5.43 Å². The molecule has 3 aromatic rings. The zero-order valence-corrected chi connectivity index (χ0v) is 20.0. The van der Waals surface area contributed by atoms with Gasteiger partial charge >= 0.3 is 0 Å². The van der Waals surface area contributed by atoms with Crippen LogP contribution in [0, 0.1) is 17.4 Å². The van der Waals surface area contributed by atoms with E-state index in [9.17, 15) is 4.79 Å². The van der Waals surface area contributed by atoms with Crippen molar-refractivity contribution in [3.63, 3.8) is 0 Å². The zero-order chi connectivity index (χ0) is 22.2. The van der Waals surface area contributed by atoms with E-state index in [1.165, 1.54) is 11.1 Å². The molecule has 1 N–H and O–H groups in total. The van der Waals surface area contributed by atoms with Crippen molar-refractivity contribution in [2.24, 2.45) is 5.10 Å². The van der Waals surface area contributed by atoms with Gasteiger partial charge in [-0.15, -0.1) is 0 Å². The maximum Gasteiger partial charge on any atom is 0.244 e. The van der Waals surface area contributed by atoms with Gasteiger partial charge in [0, 0.05) is 0 Å². The van der Waals surface area contributed by atoms with Crippen molar-refractivity contribution in [2.45, 2.75) is 26.9 Å². The fourth-order valence-electron chi connectivity index (χ4n) is 3.00. The summed E-state index contributed by atoms with van der Waals surface area (Å²) in [5.74, 6) is 1.14. The molecule has 0 bridgehead atoms. The average Bonchev–Trinajstić information content (AvgIpc) is 2.76. The van der Waals surface area contributed by atoms with Gasteiger partial charge in [0.1, 0.15) is 6.61 Å². The van der Waals surface area contributed by atoms with Crippen LogP contribution in [-0.2, 0) is 17.8 Å². The summed E-state index contributed by atoms with van der Waals surface area (Å²) < 4.78 is 12.4. The van der Waals surface area contributed by atoms with Crippen molar-refractivity contribution in [1.29, 1.82) is 0 Å². The van der Waals surface area contributed by atoms with Gasteiger partial charge in [0.25, 0.3) is 0 Å². The molecule has 0 unspecified atom stereocenters. The highest BCUT2D eigenvalue weighted by Crippen LogP contribution is 2.34. The third-order valence-corrected chi connectivity index (χ3v) is 5.62.